The molecule has 2 saturated carbocycles. The highest BCUT2D eigenvalue weighted by atomic mass is 16.2. The Hall–Kier alpha value is -2.80. The van der Waals surface area contributed by atoms with Gasteiger partial charge in [-0.25, -0.2) is 9.97 Å². The molecular formula is C30H39N5O2. The number of nitrogens with zero attached hydrogens (tertiary/aromatic N) is 5. The summed E-state index contributed by atoms with van der Waals surface area (Å²) in [4.78, 5) is 42.2. The van der Waals surface area contributed by atoms with Gasteiger partial charge >= 0.3 is 0 Å². The number of hydrogen-bond acceptors (Lipinski definition) is 5. The molecule has 4 aliphatic rings. The number of aromatic nitrogens is 2. The Bertz CT molecular complexity index is 1110. The second kappa shape index (κ2) is 10.2. The first kappa shape index (κ1) is 24.5. The first-order valence-corrected chi connectivity index (χ1v) is 14.2. The van der Waals surface area contributed by atoms with Crippen LogP contribution < -0.4 is 0 Å². The normalized spacial score (nSPS) is 26.3. The van der Waals surface area contributed by atoms with E-state index in [1.54, 1.807) is 6.33 Å². The molecule has 0 spiro atoms. The van der Waals surface area contributed by atoms with Gasteiger partial charge in [0.25, 0.3) is 5.91 Å². The van der Waals surface area contributed by atoms with Gasteiger partial charge in [-0.2, -0.15) is 0 Å². The van der Waals surface area contributed by atoms with Crippen LogP contribution in [0, 0.1) is 31.6 Å². The molecule has 196 valence electrons. The van der Waals surface area contributed by atoms with Gasteiger partial charge < -0.3 is 9.80 Å². The van der Waals surface area contributed by atoms with Crippen LogP contribution in [0.2, 0.25) is 0 Å². The lowest BCUT2D eigenvalue weighted by molar-refractivity contribution is -0.137. The van der Waals surface area contributed by atoms with Crippen LogP contribution >= 0.6 is 0 Å². The van der Waals surface area contributed by atoms with Crippen LogP contribution in [-0.2, 0) is 11.3 Å². The van der Waals surface area contributed by atoms with Gasteiger partial charge in [-0.05, 0) is 69.8 Å². The fraction of sp³-hybridized carbons (Fsp3) is 0.600. The molecule has 2 aliphatic heterocycles. The molecule has 3 heterocycles. The molecule has 4 fully saturated rings. The third-order valence-electron chi connectivity index (χ3n) is 9.28. The summed E-state index contributed by atoms with van der Waals surface area (Å²) in [6.45, 7) is 8.29. The van der Waals surface area contributed by atoms with Crippen molar-refractivity contribution in [1.82, 2.24) is 24.7 Å². The number of carbonyl (C=O) groups excluding carboxylic acids is 2. The van der Waals surface area contributed by atoms with Crippen LogP contribution in [0.25, 0.3) is 0 Å². The van der Waals surface area contributed by atoms with Gasteiger partial charge in [0.2, 0.25) is 5.91 Å². The molecule has 2 aromatic rings. The van der Waals surface area contributed by atoms with E-state index in [1.165, 1.54) is 18.4 Å². The molecule has 1 unspecified atom stereocenters. The van der Waals surface area contributed by atoms with E-state index < -0.39 is 0 Å². The van der Waals surface area contributed by atoms with Crippen molar-refractivity contribution in [3.05, 3.63) is 59.2 Å². The van der Waals surface area contributed by atoms with E-state index in [2.05, 4.69) is 48.9 Å². The van der Waals surface area contributed by atoms with Crippen LogP contribution in [0.15, 0.2) is 36.7 Å². The minimum absolute atomic E-state index is 0.0970. The largest absolute Gasteiger partial charge is 0.338 e. The fourth-order valence-electron chi connectivity index (χ4n) is 7.24. The molecule has 3 atom stereocenters. The van der Waals surface area contributed by atoms with Gasteiger partial charge in [0, 0.05) is 50.7 Å². The lowest BCUT2D eigenvalue weighted by Crippen LogP contribution is -2.57. The van der Waals surface area contributed by atoms with Crippen LogP contribution in [0.3, 0.4) is 0 Å². The molecule has 6 rings (SSSR count). The smallest absolute Gasteiger partial charge is 0.257 e. The Labute approximate surface area is 220 Å². The summed E-state index contributed by atoms with van der Waals surface area (Å²) in [5.41, 5.74) is 3.45. The summed E-state index contributed by atoms with van der Waals surface area (Å²) in [6, 6.07) is 11.3. The highest BCUT2D eigenvalue weighted by molar-refractivity contribution is 5.96. The summed E-state index contributed by atoms with van der Waals surface area (Å²) in [6.07, 6.45) is 8.13. The van der Waals surface area contributed by atoms with Gasteiger partial charge in [-0.1, -0.05) is 30.3 Å². The second-order valence-electron chi connectivity index (χ2n) is 11.7. The third-order valence-corrected chi connectivity index (χ3v) is 9.28. The zero-order valence-electron chi connectivity index (χ0n) is 22.2. The number of carbonyl (C=O) groups is 2. The maximum Gasteiger partial charge on any atom is 0.257 e. The molecule has 0 N–H and O–H groups in total. The number of amides is 2. The maximum absolute atomic E-state index is 13.4. The van der Waals surface area contributed by atoms with E-state index in [9.17, 15) is 9.59 Å². The molecule has 0 radical (unpaired) electrons. The van der Waals surface area contributed by atoms with Gasteiger partial charge in [0.1, 0.15) is 6.33 Å². The van der Waals surface area contributed by atoms with Crippen molar-refractivity contribution in [3.63, 3.8) is 0 Å². The van der Waals surface area contributed by atoms with Crippen LogP contribution in [0.1, 0.15) is 65.8 Å². The Morgan fingerprint density at radius 2 is 1.51 bits per heavy atom. The average Bonchev–Trinajstić information content (AvgIpc) is 3.72. The van der Waals surface area contributed by atoms with Gasteiger partial charge in [-0.3, -0.25) is 14.5 Å². The Morgan fingerprint density at radius 3 is 2.11 bits per heavy atom. The molecule has 1 aromatic carbocycles. The van der Waals surface area contributed by atoms with Crippen molar-refractivity contribution in [2.45, 2.75) is 71.0 Å². The van der Waals surface area contributed by atoms with Gasteiger partial charge in [-0.15, -0.1) is 0 Å². The first-order chi connectivity index (χ1) is 18.0. The number of fused-ring (bicyclic) bond motifs is 2. The monoisotopic (exact) mass is 501 g/mol. The minimum atomic E-state index is 0.0970. The van der Waals surface area contributed by atoms with Crippen molar-refractivity contribution in [2.75, 3.05) is 26.2 Å². The van der Waals surface area contributed by atoms with Crippen molar-refractivity contribution in [2.24, 2.45) is 17.8 Å². The number of piperidine rings is 2. The van der Waals surface area contributed by atoms with Crippen LogP contribution in [0.5, 0.6) is 0 Å². The highest BCUT2D eigenvalue weighted by Crippen LogP contribution is 2.42. The standard InChI is InChI=1S/C30H39N5O2/c1-20-27(21(2)32-19-31-20)30(37)34-17-24-10-11-25(18-34)28(24)33-14-12-26(13-15-33)35(29(36)23-8-9-23)16-22-6-4-3-5-7-22/h3-7,19,23-26,28H,8-18H2,1-2H3/t24-,25+,28?. The maximum atomic E-state index is 13.4. The second-order valence-corrected chi connectivity index (χ2v) is 11.7. The fourth-order valence-corrected chi connectivity index (χ4v) is 7.24. The number of benzene rings is 1. The van der Waals surface area contributed by atoms with Crippen molar-refractivity contribution in [3.8, 4) is 0 Å². The topological polar surface area (TPSA) is 69.6 Å². The van der Waals surface area contributed by atoms with Crippen LogP contribution in [0.4, 0.5) is 0 Å². The van der Waals surface area contributed by atoms with Gasteiger partial charge in [0.05, 0.1) is 17.0 Å². The van der Waals surface area contributed by atoms with Crippen molar-refractivity contribution < 1.29 is 9.59 Å². The molecule has 7 heteroatoms. The van der Waals surface area contributed by atoms with Crippen molar-refractivity contribution in [1.29, 1.82) is 0 Å². The number of likely N-dealkylation sites (tertiary alicyclic amines) is 2. The summed E-state index contributed by atoms with van der Waals surface area (Å²) in [7, 11) is 0. The number of rotatable bonds is 6. The highest BCUT2D eigenvalue weighted by Gasteiger charge is 2.47. The van der Waals surface area contributed by atoms with Crippen LogP contribution in [-0.4, -0.2) is 74.7 Å². The molecule has 2 bridgehead atoms. The quantitative estimate of drug-likeness (QED) is 0.602. The first-order valence-electron chi connectivity index (χ1n) is 14.2. The number of hydrogen-bond donors (Lipinski definition) is 0. The SMILES string of the molecule is Cc1ncnc(C)c1C(=O)N1C[C@H]2CC[C@@H](C1)C2N1CCC(N(Cc2ccccc2)C(=O)C2CC2)CC1. The van der Waals surface area contributed by atoms with E-state index in [-0.39, 0.29) is 11.8 Å². The van der Waals surface area contributed by atoms with E-state index in [0.717, 1.165) is 69.8 Å². The van der Waals surface area contributed by atoms with Gasteiger partial charge in [0.15, 0.2) is 0 Å². The number of aryl methyl sites for hydroxylation is 2. The summed E-state index contributed by atoms with van der Waals surface area (Å²) < 4.78 is 0. The third kappa shape index (κ3) is 4.90. The zero-order chi connectivity index (χ0) is 25.5. The molecule has 2 saturated heterocycles. The van der Waals surface area contributed by atoms with E-state index in [4.69, 9.17) is 0 Å². The average molecular weight is 502 g/mol. The van der Waals surface area contributed by atoms with E-state index >= 15 is 0 Å². The van der Waals surface area contributed by atoms with E-state index in [0.29, 0.717) is 35.4 Å². The Balaban J connectivity index is 1.10. The summed E-state index contributed by atoms with van der Waals surface area (Å²) in [5.74, 6) is 1.77. The molecule has 1 aromatic heterocycles. The van der Waals surface area contributed by atoms with Crippen molar-refractivity contribution >= 4 is 11.8 Å². The summed E-state index contributed by atoms with van der Waals surface area (Å²) >= 11 is 0. The predicted molar refractivity (Wildman–Crippen MR) is 142 cm³/mol. The minimum Gasteiger partial charge on any atom is -0.338 e. The Morgan fingerprint density at radius 1 is 0.892 bits per heavy atom. The predicted octanol–water partition coefficient (Wildman–Crippen LogP) is 3.85. The molecule has 37 heavy (non-hydrogen) atoms. The van der Waals surface area contributed by atoms with E-state index in [1.807, 2.05) is 19.9 Å². The summed E-state index contributed by atoms with van der Waals surface area (Å²) in [5, 5.41) is 0. The zero-order valence-corrected chi connectivity index (χ0v) is 22.2. The molecule has 7 nitrogen and oxygen atoms in total. The molecule has 2 amide bonds. The molecule has 2 aliphatic carbocycles. The molecular weight excluding hydrogens is 462 g/mol. The lowest BCUT2D eigenvalue weighted by Gasteiger charge is -2.47. The Kier molecular flexibility index (Phi) is 6.74. The lowest BCUT2D eigenvalue weighted by atomic mass is 9.88.